The molecule has 23 heavy (non-hydrogen) atoms. The third-order valence-electron chi connectivity index (χ3n) is 3.81. The van der Waals surface area contributed by atoms with E-state index in [1.807, 2.05) is 24.4 Å². The van der Waals surface area contributed by atoms with Gasteiger partial charge in [-0.2, -0.15) is 10.1 Å². The first kappa shape index (κ1) is 15.7. The number of thiophene rings is 1. The van der Waals surface area contributed by atoms with E-state index < -0.39 is 0 Å². The predicted octanol–water partition coefficient (Wildman–Crippen LogP) is 3.36. The SMILES string of the molecule is CCCCCOC(=O)C1=C(C)Nc2ncnn2[C@@H]1c1cccs1. The summed E-state index contributed by atoms with van der Waals surface area (Å²) in [5.41, 5.74) is 1.37. The standard InChI is InChI=1S/C16H20N4O2S/c1-3-4-5-8-22-15(21)13-11(2)19-16-17-10-18-20(16)14(13)12-7-6-9-23-12/h6-7,9-10,14H,3-5,8H2,1-2H3,(H,17,18,19)/t14-/m1/s1. The quantitative estimate of drug-likeness (QED) is 0.649. The average Bonchev–Trinajstić information content (AvgIpc) is 3.21. The lowest BCUT2D eigenvalue weighted by atomic mass is 10.0. The predicted molar refractivity (Wildman–Crippen MR) is 89.3 cm³/mol. The minimum atomic E-state index is -0.286. The van der Waals surface area contributed by atoms with Gasteiger partial charge in [-0.05, 0) is 24.8 Å². The molecule has 2 aromatic heterocycles. The summed E-state index contributed by atoms with van der Waals surface area (Å²) in [6, 6.07) is 3.69. The molecule has 7 heteroatoms. The molecule has 0 aromatic carbocycles. The van der Waals surface area contributed by atoms with Gasteiger partial charge in [0, 0.05) is 10.6 Å². The second-order valence-corrected chi connectivity index (χ2v) is 6.43. The van der Waals surface area contributed by atoms with Crippen LogP contribution in [0.1, 0.15) is 44.0 Å². The Hall–Kier alpha value is -2.15. The maximum atomic E-state index is 12.6. The van der Waals surface area contributed by atoms with Crippen LogP contribution < -0.4 is 5.32 Å². The molecule has 1 aliphatic rings. The minimum Gasteiger partial charge on any atom is -0.462 e. The van der Waals surface area contributed by atoms with Gasteiger partial charge in [0.2, 0.25) is 5.95 Å². The van der Waals surface area contributed by atoms with Crippen molar-refractivity contribution in [1.82, 2.24) is 14.8 Å². The van der Waals surface area contributed by atoms with Crippen molar-refractivity contribution in [2.75, 3.05) is 11.9 Å². The second kappa shape index (κ2) is 6.95. The summed E-state index contributed by atoms with van der Waals surface area (Å²) in [6.07, 6.45) is 4.54. The highest BCUT2D eigenvalue weighted by molar-refractivity contribution is 7.10. The van der Waals surface area contributed by atoms with E-state index in [4.69, 9.17) is 4.74 Å². The van der Waals surface area contributed by atoms with Gasteiger partial charge in [-0.1, -0.05) is 25.8 Å². The van der Waals surface area contributed by atoms with Crippen LogP contribution in [0.5, 0.6) is 0 Å². The van der Waals surface area contributed by atoms with E-state index >= 15 is 0 Å². The highest BCUT2D eigenvalue weighted by Crippen LogP contribution is 2.36. The van der Waals surface area contributed by atoms with Crippen molar-refractivity contribution >= 4 is 23.3 Å². The van der Waals surface area contributed by atoms with E-state index in [0.717, 1.165) is 29.8 Å². The summed E-state index contributed by atoms with van der Waals surface area (Å²) in [5.74, 6) is 0.356. The average molecular weight is 332 g/mol. The Morgan fingerprint density at radius 2 is 2.35 bits per heavy atom. The Labute approximate surface area is 139 Å². The number of rotatable bonds is 6. The number of ether oxygens (including phenoxy) is 1. The molecule has 0 amide bonds. The zero-order chi connectivity index (χ0) is 16.2. The summed E-state index contributed by atoms with van der Waals surface area (Å²) in [7, 11) is 0. The molecule has 122 valence electrons. The summed E-state index contributed by atoms with van der Waals surface area (Å²) in [6.45, 7) is 4.45. The molecule has 0 fully saturated rings. The Bertz CT molecular complexity index is 705. The first-order valence-electron chi connectivity index (χ1n) is 7.80. The van der Waals surface area contributed by atoms with Crippen molar-refractivity contribution in [1.29, 1.82) is 0 Å². The monoisotopic (exact) mass is 332 g/mol. The number of nitrogens with zero attached hydrogens (tertiary/aromatic N) is 3. The molecule has 0 radical (unpaired) electrons. The van der Waals surface area contributed by atoms with Crippen LogP contribution >= 0.6 is 11.3 Å². The molecule has 1 atom stereocenters. The molecule has 1 aliphatic heterocycles. The van der Waals surface area contributed by atoms with Crippen LogP contribution in [0.3, 0.4) is 0 Å². The number of nitrogens with one attached hydrogen (secondary N) is 1. The molecular weight excluding hydrogens is 312 g/mol. The maximum Gasteiger partial charge on any atom is 0.338 e. The van der Waals surface area contributed by atoms with Crippen LogP contribution in [0.15, 0.2) is 35.1 Å². The van der Waals surface area contributed by atoms with E-state index in [1.165, 1.54) is 6.33 Å². The second-order valence-electron chi connectivity index (χ2n) is 5.45. The van der Waals surface area contributed by atoms with Gasteiger partial charge in [-0.15, -0.1) is 11.3 Å². The van der Waals surface area contributed by atoms with Gasteiger partial charge in [0.05, 0.1) is 12.2 Å². The Morgan fingerprint density at radius 1 is 1.48 bits per heavy atom. The zero-order valence-electron chi connectivity index (χ0n) is 13.3. The molecule has 0 aliphatic carbocycles. The van der Waals surface area contributed by atoms with Crippen molar-refractivity contribution in [3.63, 3.8) is 0 Å². The Morgan fingerprint density at radius 3 is 3.09 bits per heavy atom. The van der Waals surface area contributed by atoms with Crippen molar-refractivity contribution in [2.45, 2.75) is 39.2 Å². The van der Waals surface area contributed by atoms with Gasteiger partial charge in [0.25, 0.3) is 0 Å². The van der Waals surface area contributed by atoms with E-state index in [0.29, 0.717) is 18.1 Å². The highest BCUT2D eigenvalue weighted by atomic mass is 32.1. The third kappa shape index (κ3) is 3.14. The molecule has 6 nitrogen and oxygen atoms in total. The number of allylic oxidation sites excluding steroid dienone is 1. The van der Waals surface area contributed by atoms with Crippen molar-refractivity contribution in [3.05, 3.63) is 40.0 Å². The summed E-state index contributed by atoms with van der Waals surface area (Å²) < 4.78 is 7.22. The van der Waals surface area contributed by atoms with Gasteiger partial charge in [0.1, 0.15) is 12.4 Å². The van der Waals surface area contributed by atoms with Crippen LogP contribution in [0, 0.1) is 0 Å². The molecule has 0 saturated heterocycles. The first-order valence-corrected chi connectivity index (χ1v) is 8.68. The molecule has 2 aromatic rings. The van der Waals surface area contributed by atoms with Gasteiger partial charge in [-0.3, -0.25) is 0 Å². The molecule has 0 unspecified atom stereocenters. The van der Waals surface area contributed by atoms with Crippen LogP contribution in [-0.2, 0) is 9.53 Å². The van der Waals surface area contributed by atoms with Gasteiger partial charge >= 0.3 is 5.97 Å². The number of anilines is 1. The Kier molecular flexibility index (Phi) is 4.76. The van der Waals surface area contributed by atoms with E-state index in [1.54, 1.807) is 16.0 Å². The lowest BCUT2D eigenvalue weighted by molar-refractivity contribution is -0.139. The molecule has 0 spiro atoms. The molecule has 0 bridgehead atoms. The number of unbranched alkanes of at least 4 members (excludes halogenated alkanes) is 2. The zero-order valence-corrected chi connectivity index (χ0v) is 14.1. The normalized spacial score (nSPS) is 16.9. The number of hydrogen-bond acceptors (Lipinski definition) is 6. The summed E-state index contributed by atoms with van der Waals surface area (Å²) in [5, 5.41) is 9.41. The molecule has 1 N–H and O–H groups in total. The number of aromatic nitrogens is 3. The fourth-order valence-electron chi connectivity index (χ4n) is 2.66. The fourth-order valence-corrected chi connectivity index (χ4v) is 3.48. The lowest BCUT2D eigenvalue weighted by Gasteiger charge is -2.27. The smallest absolute Gasteiger partial charge is 0.338 e. The van der Waals surface area contributed by atoms with Crippen LogP contribution in [-0.4, -0.2) is 27.3 Å². The van der Waals surface area contributed by atoms with E-state index in [9.17, 15) is 4.79 Å². The molecule has 0 saturated carbocycles. The number of carbonyl (C=O) groups excluding carboxylic acids is 1. The topological polar surface area (TPSA) is 69.0 Å². The van der Waals surface area contributed by atoms with Crippen molar-refractivity contribution in [3.8, 4) is 0 Å². The summed E-state index contributed by atoms with van der Waals surface area (Å²) >= 11 is 1.59. The van der Waals surface area contributed by atoms with Crippen LogP contribution in [0.4, 0.5) is 5.95 Å². The third-order valence-corrected chi connectivity index (χ3v) is 4.73. The number of carbonyl (C=O) groups is 1. The van der Waals surface area contributed by atoms with Crippen LogP contribution in [0.25, 0.3) is 0 Å². The number of fused-ring (bicyclic) bond motifs is 1. The van der Waals surface area contributed by atoms with Gasteiger partial charge in [0.15, 0.2) is 0 Å². The molecule has 3 heterocycles. The first-order chi connectivity index (χ1) is 11.2. The van der Waals surface area contributed by atoms with Crippen LogP contribution in [0.2, 0.25) is 0 Å². The van der Waals surface area contributed by atoms with Gasteiger partial charge < -0.3 is 10.1 Å². The molecular formula is C16H20N4O2S. The Balaban J connectivity index is 1.88. The van der Waals surface area contributed by atoms with E-state index in [2.05, 4.69) is 22.3 Å². The van der Waals surface area contributed by atoms with Crippen molar-refractivity contribution in [2.24, 2.45) is 0 Å². The minimum absolute atomic E-state index is 0.285. The van der Waals surface area contributed by atoms with Gasteiger partial charge in [-0.25, -0.2) is 9.48 Å². The largest absolute Gasteiger partial charge is 0.462 e. The maximum absolute atomic E-state index is 12.6. The highest BCUT2D eigenvalue weighted by Gasteiger charge is 2.34. The molecule has 3 rings (SSSR count). The summed E-state index contributed by atoms with van der Waals surface area (Å²) in [4.78, 5) is 17.9. The fraction of sp³-hybridized carbons (Fsp3) is 0.438. The number of hydrogen-bond donors (Lipinski definition) is 1. The number of esters is 1. The lowest BCUT2D eigenvalue weighted by Crippen LogP contribution is -2.29. The van der Waals surface area contributed by atoms with Crippen molar-refractivity contribution < 1.29 is 9.53 Å². The van der Waals surface area contributed by atoms with E-state index in [-0.39, 0.29) is 12.0 Å².